The van der Waals surface area contributed by atoms with Gasteiger partial charge in [0, 0.05) is 14.5 Å². The van der Waals surface area contributed by atoms with E-state index < -0.39 is 0 Å². The third kappa shape index (κ3) is 2.89. The third-order valence-electron chi connectivity index (χ3n) is 1.57. The van der Waals surface area contributed by atoms with Crippen LogP contribution in [0.5, 0.6) is 0 Å². The van der Waals surface area contributed by atoms with Crippen molar-refractivity contribution in [3.05, 3.63) is 32.7 Å². The van der Waals surface area contributed by atoms with Gasteiger partial charge in [-0.25, -0.2) is 0 Å². The van der Waals surface area contributed by atoms with Crippen molar-refractivity contribution in [1.29, 1.82) is 0 Å². The van der Waals surface area contributed by atoms with Gasteiger partial charge in [-0.3, -0.25) is 4.79 Å². The minimum absolute atomic E-state index is 0.0909. The van der Waals surface area contributed by atoms with Gasteiger partial charge in [-0.15, -0.1) is 0 Å². The molecule has 0 heterocycles. The van der Waals surface area contributed by atoms with E-state index in [4.69, 9.17) is 0 Å². The second-order valence-corrected chi connectivity index (χ2v) is 5.69. The Bertz CT molecular complexity index is 334. The fourth-order valence-electron chi connectivity index (χ4n) is 0.879. The van der Waals surface area contributed by atoms with E-state index in [0.29, 0.717) is 5.56 Å². The van der Waals surface area contributed by atoms with Crippen LogP contribution in [-0.4, -0.2) is 10.6 Å². The number of Topliss-reactive ketones (excluding diaryl/α,β-unsaturated/α-hetero) is 1. The first-order valence-electron chi connectivity index (χ1n) is 3.65. The van der Waals surface area contributed by atoms with Crippen LogP contribution in [0.3, 0.4) is 0 Å². The van der Waals surface area contributed by atoms with Gasteiger partial charge in [0.15, 0.2) is 5.78 Å². The Balaban J connectivity index is 3.04. The number of carbonyl (C=O) groups excluding carboxylic acids is 1. The SMILES string of the molecule is CC(Br)C(=O)c1ccc(Br)c(Br)c1. The topological polar surface area (TPSA) is 17.1 Å². The lowest BCUT2D eigenvalue weighted by Gasteiger charge is -2.03. The molecule has 1 unspecified atom stereocenters. The number of hydrogen-bond donors (Lipinski definition) is 0. The molecule has 0 spiro atoms. The van der Waals surface area contributed by atoms with Crippen LogP contribution < -0.4 is 0 Å². The highest BCUT2D eigenvalue weighted by Gasteiger charge is 2.12. The molecule has 4 heteroatoms. The number of alkyl halides is 1. The molecule has 0 radical (unpaired) electrons. The van der Waals surface area contributed by atoms with Crippen LogP contribution in [0, 0.1) is 0 Å². The van der Waals surface area contributed by atoms with Gasteiger partial charge in [0.2, 0.25) is 0 Å². The molecule has 0 aliphatic heterocycles. The van der Waals surface area contributed by atoms with Gasteiger partial charge in [-0.1, -0.05) is 22.0 Å². The first-order chi connectivity index (χ1) is 6.02. The highest BCUT2D eigenvalue weighted by atomic mass is 79.9. The van der Waals surface area contributed by atoms with Crippen LogP contribution in [0.15, 0.2) is 27.1 Å². The standard InChI is InChI=1S/C9H7Br3O/c1-5(10)9(13)6-2-3-7(11)8(12)4-6/h2-5H,1H3. The van der Waals surface area contributed by atoms with Gasteiger partial charge in [0.1, 0.15) is 0 Å². The van der Waals surface area contributed by atoms with Crippen molar-refractivity contribution >= 4 is 53.6 Å². The minimum atomic E-state index is -0.138. The molecular formula is C9H7Br3O. The van der Waals surface area contributed by atoms with E-state index in [1.165, 1.54) is 0 Å². The third-order valence-corrected chi connectivity index (χ3v) is 3.86. The minimum Gasteiger partial charge on any atom is -0.293 e. The summed E-state index contributed by atoms with van der Waals surface area (Å²) in [5, 5.41) is 0. The number of halogens is 3. The summed E-state index contributed by atoms with van der Waals surface area (Å²) >= 11 is 9.94. The number of ketones is 1. The predicted octanol–water partition coefficient (Wildman–Crippen LogP) is 4.18. The fourth-order valence-corrected chi connectivity index (χ4v) is 1.77. The van der Waals surface area contributed by atoms with Crippen molar-refractivity contribution in [3.8, 4) is 0 Å². The molecule has 0 aliphatic carbocycles. The van der Waals surface area contributed by atoms with Crippen LogP contribution in [0.2, 0.25) is 0 Å². The summed E-state index contributed by atoms with van der Waals surface area (Å²) in [6, 6.07) is 5.46. The lowest BCUT2D eigenvalue weighted by Crippen LogP contribution is -2.09. The normalized spacial score (nSPS) is 12.6. The Morgan fingerprint density at radius 3 is 2.38 bits per heavy atom. The lowest BCUT2D eigenvalue weighted by molar-refractivity contribution is 0.0996. The monoisotopic (exact) mass is 368 g/mol. The predicted molar refractivity (Wildman–Crippen MR) is 64.6 cm³/mol. The molecule has 13 heavy (non-hydrogen) atoms. The summed E-state index contributed by atoms with van der Waals surface area (Å²) in [7, 11) is 0. The maximum Gasteiger partial charge on any atom is 0.176 e. The average Bonchev–Trinajstić information content (AvgIpc) is 2.08. The van der Waals surface area contributed by atoms with Crippen molar-refractivity contribution in [2.75, 3.05) is 0 Å². The molecule has 0 bridgehead atoms. The molecule has 0 aromatic heterocycles. The van der Waals surface area contributed by atoms with Crippen LogP contribution in [-0.2, 0) is 0 Å². The molecule has 0 N–H and O–H groups in total. The molecule has 1 atom stereocenters. The molecule has 1 aromatic rings. The summed E-state index contributed by atoms with van der Waals surface area (Å²) in [5.74, 6) is 0.0909. The number of benzene rings is 1. The van der Waals surface area contributed by atoms with Crippen LogP contribution in [0.4, 0.5) is 0 Å². The molecule has 1 nitrogen and oxygen atoms in total. The van der Waals surface area contributed by atoms with Gasteiger partial charge in [0.05, 0.1) is 4.83 Å². The Kier molecular flexibility index (Phi) is 4.13. The van der Waals surface area contributed by atoms with Gasteiger partial charge < -0.3 is 0 Å². The number of hydrogen-bond acceptors (Lipinski definition) is 1. The summed E-state index contributed by atoms with van der Waals surface area (Å²) in [5.41, 5.74) is 0.708. The number of rotatable bonds is 2. The van der Waals surface area contributed by atoms with Crippen molar-refractivity contribution < 1.29 is 4.79 Å². The summed E-state index contributed by atoms with van der Waals surface area (Å²) in [4.78, 5) is 11.4. The fraction of sp³-hybridized carbons (Fsp3) is 0.222. The van der Waals surface area contributed by atoms with E-state index >= 15 is 0 Å². The van der Waals surface area contributed by atoms with Crippen molar-refractivity contribution in [2.45, 2.75) is 11.8 Å². The molecule has 0 aliphatic rings. The Morgan fingerprint density at radius 2 is 1.92 bits per heavy atom. The smallest absolute Gasteiger partial charge is 0.176 e. The molecule has 0 amide bonds. The first-order valence-corrected chi connectivity index (χ1v) is 6.16. The highest BCUT2D eigenvalue weighted by molar-refractivity contribution is 9.13. The zero-order valence-corrected chi connectivity index (χ0v) is 11.6. The number of carbonyl (C=O) groups is 1. The lowest BCUT2D eigenvalue weighted by atomic mass is 10.1. The Labute approximate surface area is 102 Å². The molecule has 70 valence electrons. The molecule has 0 saturated heterocycles. The van der Waals surface area contributed by atoms with Crippen molar-refractivity contribution in [3.63, 3.8) is 0 Å². The maximum absolute atomic E-state index is 11.5. The van der Waals surface area contributed by atoms with E-state index in [1.54, 1.807) is 6.07 Å². The van der Waals surface area contributed by atoms with E-state index in [-0.39, 0.29) is 10.6 Å². The first kappa shape index (κ1) is 11.4. The zero-order valence-electron chi connectivity index (χ0n) is 6.85. The van der Waals surface area contributed by atoms with Gasteiger partial charge in [0.25, 0.3) is 0 Å². The van der Waals surface area contributed by atoms with Gasteiger partial charge in [-0.2, -0.15) is 0 Å². The van der Waals surface area contributed by atoms with E-state index in [2.05, 4.69) is 47.8 Å². The molecular weight excluding hydrogens is 364 g/mol. The summed E-state index contributed by atoms with van der Waals surface area (Å²) in [6.07, 6.45) is 0. The molecule has 1 rings (SSSR count). The van der Waals surface area contributed by atoms with E-state index in [1.807, 2.05) is 19.1 Å². The van der Waals surface area contributed by atoms with Gasteiger partial charge in [-0.05, 0) is 50.9 Å². The summed E-state index contributed by atoms with van der Waals surface area (Å²) in [6.45, 7) is 1.82. The molecule has 0 fully saturated rings. The quantitative estimate of drug-likeness (QED) is 0.564. The average molecular weight is 371 g/mol. The largest absolute Gasteiger partial charge is 0.293 e. The molecule has 0 saturated carbocycles. The second-order valence-electron chi connectivity index (χ2n) is 2.61. The Hall–Kier alpha value is 0.330. The maximum atomic E-state index is 11.5. The van der Waals surface area contributed by atoms with Crippen molar-refractivity contribution in [2.24, 2.45) is 0 Å². The molecule has 1 aromatic carbocycles. The van der Waals surface area contributed by atoms with Crippen LogP contribution in [0.25, 0.3) is 0 Å². The van der Waals surface area contributed by atoms with Crippen LogP contribution in [0.1, 0.15) is 17.3 Å². The van der Waals surface area contributed by atoms with Gasteiger partial charge >= 0.3 is 0 Å². The zero-order chi connectivity index (χ0) is 10.0. The summed E-state index contributed by atoms with van der Waals surface area (Å²) < 4.78 is 1.85. The van der Waals surface area contributed by atoms with E-state index in [9.17, 15) is 4.79 Å². The second kappa shape index (κ2) is 4.71. The Morgan fingerprint density at radius 1 is 1.31 bits per heavy atom. The van der Waals surface area contributed by atoms with E-state index in [0.717, 1.165) is 8.95 Å². The van der Waals surface area contributed by atoms with Crippen LogP contribution >= 0.6 is 47.8 Å². The highest BCUT2D eigenvalue weighted by Crippen LogP contribution is 2.24. The van der Waals surface area contributed by atoms with Crippen molar-refractivity contribution in [1.82, 2.24) is 0 Å².